The third-order valence-electron chi connectivity index (χ3n) is 3.53. The van der Waals surface area contributed by atoms with Gasteiger partial charge in [0.2, 0.25) is 0 Å². The molecule has 1 aliphatic rings. The predicted octanol–water partition coefficient (Wildman–Crippen LogP) is 2.65. The van der Waals surface area contributed by atoms with Gasteiger partial charge in [0.05, 0.1) is 0 Å². The van der Waals surface area contributed by atoms with Crippen LogP contribution in [0.15, 0.2) is 22.6 Å². The smallest absolute Gasteiger partial charge is 0.298 e. The molecule has 1 aliphatic heterocycles. The van der Waals surface area contributed by atoms with Crippen molar-refractivity contribution in [2.75, 3.05) is 23.7 Å². The molecule has 1 saturated heterocycles. The van der Waals surface area contributed by atoms with Crippen LogP contribution in [-0.2, 0) is 0 Å². The highest BCUT2D eigenvalue weighted by molar-refractivity contribution is 5.78. The van der Waals surface area contributed by atoms with Gasteiger partial charge in [-0.2, -0.15) is 4.98 Å². The van der Waals surface area contributed by atoms with Crippen molar-refractivity contribution in [3.63, 3.8) is 0 Å². The highest BCUT2D eigenvalue weighted by atomic mass is 16.4. The fraction of sp³-hybridized carbons (Fsp3) is 0.462. The molecule has 2 N–H and O–H groups in total. The topological polar surface area (TPSA) is 55.3 Å². The van der Waals surface area contributed by atoms with Crippen molar-refractivity contribution in [1.29, 1.82) is 0 Å². The van der Waals surface area contributed by atoms with E-state index in [1.54, 1.807) is 0 Å². The summed E-state index contributed by atoms with van der Waals surface area (Å²) in [4.78, 5) is 6.73. The Morgan fingerprint density at radius 3 is 3.18 bits per heavy atom. The van der Waals surface area contributed by atoms with Gasteiger partial charge in [-0.25, -0.2) is 0 Å². The van der Waals surface area contributed by atoms with Crippen LogP contribution in [0.1, 0.15) is 19.8 Å². The Morgan fingerprint density at radius 1 is 1.53 bits per heavy atom. The second-order valence-corrected chi connectivity index (χ2v) is 4.73. The second kappa shape index (κ2) is 3.95. The summed E-state index contributed by atoms with van der Waals surface area (Å²) in [5, 5.41) is 0. The van der Waals surface area contributed by atoms with E-state index in [0.29, 0.717) is 0 Å². The number of fused-ring (bicyclic) bond motifs is 1. The van der Waals surface area contributed by atoms with Gasteiger partial charge in [-0.1, -0.05) is 13.3 Å². The maximum Gasteiger partial charge on any atom is 0.298 e. The first kappa shape index (κ1) is 10.4. The molecule has 17 heavy (non-hydrogen) atoms. The molecule has 1 fully saturated rings. The fourth-order valence-electron chi connectivity index (χ4n) is 2.41. The van der Waals surface area contributed by atoms with E-state index < -0.39 is 0 Å². The summed E-state index contributed by atoms with van der Waals surface area (Å²) in [7, 11) is 0. The summed E-state index contributed by atoms with van der Waals surface area (Å²) in [6.45, 7) is 4.33. The number of benzene rings is 1. The quantitative estimate of drug-likeness (QED) is 0.807. The van der Waals surface area contributed by atoms with Crippen molar-refractivity contribution in [2.24, 2.45) is 5.92 Å². The van der Waals surface area contributed by atoms with E-state index in [-0.39, 0.29) is 0 Å². The average molecular weight is 231 g/mol. The summed E-state index contributed by atoms with van der Waals surface area (Å²) in [6, 6.07) is 6.32. The molecule has 1 aromatic carbocycles. The fourth-order valence-corrected chi connectivity index (χ4v) is 2.41. The van der Waals surface area contributed by atoms with Crippen LogP contribution < -0.4 is 10.6 Å². The summed E-state index contributed by atoms with van der Waals surface area (Å²) < 4.78 is 5.76. The molecule has 2 aromatic rings. The number of nitrogens with zero attached hydrogens (tertiary/aromatic N) is 2. The zero-order valence-corrected chi connectivity index (χ0v) is 10.0. The molecule has 2 heterocycles. The average Bonchev–Trinajstić information content (AvgIpc) is 2.93. The van der Waals surface area contributed by atoms with E-state index in [9.17, 15) is 0 Å². The highest BCUT2D eigenvalue weighted by Gasteiger charge is 2.24. The minimum atomic E-state index is 0.727. The predicted molar refractivity (Wildman–Crippen MR) is 69.0 cm³/mol. The number of nitrogen functional groups attached to an aromatic ring is 1. The third-order valence-corrected chi connectivity index (χ3v) is 3.53. The lowest BCUT2D eigenvalue weighted by Gasteiger charge is -2.12. The van der Waals surface area contributed by atoms with Crippen LogP contribution in [0.4, 0.5) is 11.7 Å². The number of aromatic nitrogens is 1. The Kier molecular flexibility index (Phi) is 2.42. The Morgan fingerprint density at radius 2 is 2.41 bits per heavy atom. The van der Waals surface area contributed by atoms with Crippen LogP contribution in [0.3, 0.4) is 0 Å². The third kappa shape index (κ3) is 1.84. The van der Waals surface area contributed by atoms with E-state index >= 15 is 0 Å². The van der Waals surface area contributed by atoms with Gasteiger partial charge < -0.3 is 15.1 Å². The van der Waals surface area contributed by atoms with Crippen molar-refractivity contribution in [3.05, 3.63) is 18.2 Å². The van der Waals surface area contributed by atoms with Crippen LogP contribution in [0.5, 0.6) is 0 Å². The maximum absolute atomic E-state index is 5.76. The summed E-state index contributed by atoms with van der Waals surface area (Å²) in [5.74, 6) is 0.773. The molecule has 0 aliphatic carbocycles. The van der Waals surface area contributed by atoms with Gasteiger partial charge in [0.1, 0.15) is 5.52 Å². The Balaban J connectivity index is 1.91. The lowest BCUT2D eigenvalue weighted by molar-refractivity contribution is 0.552. The Bertz CT molecular complexity index is 534. The molecule has 1 unspecified atom stereocenters. The zero-order valence-electron chi connectivity index (χ0n) is 10.0. The van der Waals surface area contributed by atoms with Crippen molar-refractivity contribution >= 4 is 22.8 Å². The minimum absolute atomic E-state index is 0.727. The van der Waals surface area contributed by atoms with Crippen LogP contribution >= 0.6 is 0 Å². The van der Waals surface area contributed by atoms with Crippen LogP contribution in [0.2, 0.25) is 0 Å². The van der Waals surface area contributed by atoms with Gasteiger partial charge in [-0.15, -0.1) is 0 Å². The standard InChI is InChI=1S/C13H17N3O/c1-2-9-5-6-16(8-9)13-15-11-7-10(14)3-4-12(11)17-13/h3-4,7,9H,2,5-6,8,14H2,1H3. The lowest BCUT2D eigenvalue weighted by atomic mass is 10.1. The van der Waals surface area contributed by atoms with Crippen molar-refractivity contribution < 1.29 is 4.42 Å². The van der Waals surface area contributed by atoms with Crippen molar-refractivity contribution in [2.45, 2.75) is 19.8 Å². The lowest BCUT2D eigenvalue weighted by Crippen LogP contribution is -2.19. The first-order valence-corrected chi connectivity index (χ1v) is 6.17. The minimum Gasteiger partial charge on any atom is -0.423 e. The van der Waals surface area contributed by atoms with Gasteiger partial charge in [-0.05, 0) is 30.5 Å². The van der Waals surface area contributed by atoms with Gasteiger partial charge in [0.15, 0.2) is 5.58 Å². The van der Waals surface area contributed by atoms with Gasteiger partial charge in [0.25, 0.3) is 6.01 Å². The number of rotatable bonds is 2. The number of oxazole rings is 1. The summed E-state index contributed by atoms with van der Waals surface area (Å²) in [5.41, 5.74) is 8.12. The maximum atomic E-state index is 5.76. The van der Waals surface area contributed by atoms with Gasteiger partial charge in [0, 0.05) is 18.8 Å². The number of hydrogen-bond acceptors (Lipinski definition) is 4. The second-order valence-electron chi connectivity index (χ2n) is 4.73. The van der Waals surface area contributed by atoms with E-state index in [2.05, 4.69) is 16.8 Å². The Hall–Kier alpha value is -1.71. The molecule has 90 valence electrons. The first-order valence-electron chi connectivity index (χ1n) is 6.17. The molecule has 1 aromatic heterocycles. The number of hydrogen-bond donors (Lipinski definition) is 1. The zero-order chi connectivity index (χ0) is 11.8. The van der Waals surface area contributed by atoms with Gasteiger partial charge in [-0.3, -0.25) is 0 Å². The highest BCUT2D eigenvalue weighted by Crippen LogP contribution is 2.28. The molecule has 4 heteroatoms. The molecule has 0 spiro atoms. The molecule has 0 amide bonds. The van der Waals surface area contributed by atoms with E-state index in [1.807, 2.05) is 18.2 Å². The van der Waals surface area contributed by atoms with Crippen molar-refractivity contribution in [1.82, 2.24) is 4.98 Å². The van der Waals surface area contributed by atoms with Crippen LogP contribution in [-0.4, -0.2) is 18.1 Å². The van der Waals surface area contributed by atoms with Crippen molar-refractivity contribution in [3.8, 4) is 0 Å². The van der Waals surface area contributed by atoms with E-state index in [1.165, 1.54) is 12.8 Å². The molecule has 4 nitrogen and oxygen atoms in total. The van der Waals surface area contributed by atoms with E-state index in [0.717, 1.165) is 41.8 Å². The Labute approximate surface area is 100 Å². The molecular weight excluding hydrogens is 214 g/mol. The SMILES string of the molecule is CCC1CCN(c2nc3cc(N)ccc3o2)C1. The molecule has 1 atom stereocenters. The van der Waals surface area contributed by atoms with Gasteiger partial charge >= 0.3 is 0 Å². The van der Waals surface area contributed by atoms with E-state index in [4.69, 9.17) is 10.2 Å². The molecule has 3 rings (SSSR count). The normalized spacial score (nSPS) is 20.3. The van der Waals surface area contributed by atoms with Crippen LogP contribution in [0, 0.1) is 5.92 Å². The summed E-state index contributed by atoms with van der Waals surface area (Å²) in [6.07, 6.45) is 2.46. The molecular formula is C13H17N3O. The molecule has 0 saturated carbocycles. The summed E-state index contributed by atoms with van der Waals surface area (Å²) >= 11 is 0. The number of anilines is 2. The monoisotopic (exact) mass is 231 g/mol. The first-order chi connectivity index (χ1) is 8.26. The molecule has 0 bridgehead atoms. The van der Waals surface area contributed by atoms with Crippen LogP contribution in [0.25, 0.3) is 11.1 Å². The largest absolute Gasteiger partial charge is 0.423 e. The number of nitrogens with two attached hydrogens (primary N) is 1. The molecule has 0 radical (unpaired) electrons.